The van der Waals surface area contributed by atoms with Crippen molar-refractivity contribution in [1.29, 1.82) is 0 Å². The van der Waals surface area contributed by atoms with Crippen LogP contribution in [0.4, 0.5) is 109 Å². The summed E-state index contributed by atoms with van der Waals surface area (Å²) in [7, 11) is 4.01. The summed E-state index contributed by atoms with van der Waals surface area (Å²) in [4.78, 5) is 40.9. The zero-order valence-electron chi connectivity index (χ0n) is 61.6. The fourth-order valence-corrected chi connectivity index (χ4v) is 12.3. The van der Waals surface area contributed by atoms with Crippen molar-refractivity contribution in [1.82, 2.24) is 24.9 Å². The molecule has 0 atom stereocenters. The van der Waals surface area contributed by atoms with Gasteiger partial charge >= 0.3 is 60.3 Å². The molecule has 0 N–H and O–H groups in total. The summed E-state index contributed by atoms with van der Waals surface area (Å²) in [5.41, 5.74) is 14.9. The number of aromatic nitrogens is 5. The molecule has 0 amide bonds. The Bertz CT molecular complexity index is 4640. The van der Waals surface area contributed by atoms with E-state index >= 15 is 0 Å². The van der Waals surface area contributed by atoms with Crippen LogP contribution >= 0.6 is 0 Å². The van der Waals surface area contributed by atoms with E-state index in [9.17, 15) is 0 Å². The number of hydrogen-bond donors (Lipinski definition) is 0. The van der Waals surface area contributed by atoms with Gasteiger partial charge in [0.15, 0.2) is 0 Å². The minimum atomic E-state index is 0. The Balaban J connectivity index is 0.000000133. The summed E-state index contributed by atoms with van der Waals surface area (Å²) < 4.78 is 0. The quantitative estimate of drug-likeness (QED) is 0.103. The van der Waals surface area contributed by atoms with Crippen LogP contribution in [0.25, 0.3) is 0 Å². The summed E-state index contributed by atoms with van der Waals surface area (Å²) in [6.07, 6.45) is 9.01. The molecule has 16 aromatic rings. The van der Waals surface area contributed by atoms with Gasteiger partial charge in [0.1, 0.15) is 29.1 Å². The minimum Gasteiger partial charge on any atom is -0.502 e. The van der Waals surface area contributed by atoms with Gasteiger partial charge in [0.25, 0.3) is 0 Å². The van der Waals surface area contributed by atoms with Crippen molar-refractivity contribution in [3.05, 3.63) is 457 Å². The summed E-state index contributed by atoms with van der Waals surface area (Å²) in [5, 5.41) is 0. The molecule has 0 saturated carbocycles. The monoisotopic (exact) mass is 2000 g/mol. The number of benzene rings is 11. The van der Waals surface area contributed by atoms with Crippen LogP contribution in [0.2, 0.25) is 0 Å². The van der Waals surface area contributed by atoms with Crippen molar-refractivity contribution in [3.63, 3.8) is 0 Å². The summed E-state index contributed by atoms with van der Waals surface area (Å²) in [5.74, 6) is 4.58. The first kappa shape index (κ1) is 81.3. The second-order valence-corrected chi connectivity index (χ2v) is 24.6. The maximum Gasteiger partial charge on any atom is 3.00 e. The number of fused-ring (bicyclic) bond motifs is 3. The van der Waals surface area contributed by atoms with Crippen LogP contribution in [-0.2, 0) is 60.3 Å². The van der Waals surface area contributed by atoms with Crippen molar-refractivity contribution in [2.24, 2.45) is 0 Å². The molecule has 113 heavy (non-hydrogen) atoms. The van der Waals surface area contributed by atoms with E-state index < -0.39 is 0 Å². The first-order valence-corrected chi connectivity index (χ1v) is 35.8. The predicted molar refractivity (Wildman–Crippen MR) is 449 cm³/mol. The van der Waals surface area contributed by atoms with Gasteiger partial charge in [0, 0.05) is 70.8 Å². The van der Waals surface area contributed by atoms with E-state index in [0.29, 0.717) is 0 Å². The van der Waals surface area contributed by atoms with Crippen molar-refractivity contribution >= 4 is 109 Å². The molecule has 8 heterocycles. The van der Waals surface area contributed by atoms with Gasteiger partial charge in [-0.25, -0.2) is 24.9 Å². The number of nitrogens with zero attached hydrogens (tertiary/aromatic N) is 14. The Kier molecular flexibility index (Phi) is 30.2. The average molecular weight is 2000 g/mol. The van der Waals surface area contributed by atoms with E-state index in [4.69, 9.17) is 0 Å². The van der Waals surface area contributed by atoms with Gasteiger partial charge in [-0.2, -0.15) is 177 Å². The van der Waals surface area contributed by atoms with Gasteiger partial charge in [-0.15, -0.1) is 41.9 Å². The molecule has 14 nitrogen and oxygen atoms in total. The largest absolute Gasteiger partial charge is 3.00 e. The molecule has 0 unspecified atom stereocenters. The molecule has 0 bridgehead atoms. The number of hydrogen-bond acceptors (Lipinski definition) is 14. The Morgan fingerprint density at radius 3 is 0.929 bits per heavy atom. The zero-order valence-corrected chi connectivity index (χ0v) is 68.8. The average Bonchev–Trinajstić information content (AvgIpc) is 1.64. The molecule has 19 rings (SSSR count). The molecule has 5 aromatic heterocycles. The molecule has 0 fully saturated rings. The Labute approximate surface area is 703 Å². The molecule has 0 aliphatic carbocycles. The summed E-state index contributed by atoms with van der Waals surface area (Å²) in [6, 6.07) is 142. The first-order valence-electron chi connectivity index (χ1n) is 35.8. The third kappa shape index (κ3) is 20.9. The molecule has 11 aromatic carbocycles. The van der Waals surface area contributed by atoms with Crippen molar-refractivity contribution in [3.8, 4) is 0 Å². The van der Waals surface area contributed by atoms with Crippen LogP contribution in [0.1, 0.15) is 0 Å². The minimum absolute atomic E-state index is 0. The second-order valence-electron chi connectivity index (χ2n) is 24.6. The Morgan fingerprint density at radius 1 is 0.239 bits per heavy atom. The second kappa shape index (κ2) is 41.9. The Morgan fingerprint density at radius 2 is 0.549 bits per heavy atom. The smallest absolute Gasteiger partial charge is 0.502 e. The van der Waals surface area contributed by atoms with Crippen LogP contribution in [0, 0.1) is 56.4 Å². The molecular formula is C96H75Ir3N14. The third-order valence-corrected chi connectivity index (χ3v) is 17.3. The van der Waals surface area contributed by atoms with Crippen LogP contribution in [0.15, 0.2) is 401 Å². The third-order valence-electron chi connectivity index (χ3n) is 17.3. The Hall–Kier alpha value is -12.7. The van der Waals surface area contributed by atoms with E-state index in [-0.39, 0.29) is 60.3 Å². The normalized spacial score (nSPS) is 11.6. The van der Waals surface area contributed by atoms with Crippen LogP contribution in [0.5, 0.6) is 0 Å². The number of para-hydroxylation sites is 12. The fraction of sp³-hybridized carbons (Fsp3) is 0.0208. The van der Waals surface area contributed by atoms with Gasteiger partial charge in [-0.1, -0.05) is 120 Å². The van der Waals surface area contributed by atoms with E-state index in [1.807, 2.05) is 310 Å². The van der Waals surface area contributed by atoms with E-state index in [0.717, 1.165) is 97.3 Å². The first-order chi connectivity index (χ1) is 54.5. The predicted octanol–water partition coefficient (Wildman–Crippen LogP) is 23.1. The van der Waals surface area contributed by atoms with Crippen molar-refractivity contribution in [2.45, 2.75) is 0 Å². The summed E-state index contributed by atoms with van der Waals surface area (Å²) in [6.45, 7) is 6.15. The SMILES string of the molecule is CN1[CH-]N(c2[c-]cccc2)c2cccnc21.CN1[CH-]N(c2[c-]cccc2)c2ncccc21.[Ir+3].[Ir+3].[Ir+3].[c-]1ccccc1N(c1ccccc1)c1ccccn1.[c-]1ccccc1N(c1ccccc1)c1ccccn1.[c-]1ccccc1N(c1ccccc1)c1ccccn1.[c-]1ccccc1N1[CH-]N(c2ccccc2)c2ccccc21. The van der Waals surface area contributed by atoms with Crippen LogP contribution in [-0.4, -0.2) is 39.0 Å². The maximum absolute atomic E-state index is 4.44. The van der Waals surface area contributed by atoms with Gasteiger partial charge in [0.2, 0.25) is 0 Å². The van der Waals surface area contributed by atoms with Gasteiger partial charge in [-0.3, -0.25) is 0 Å². The fourth-order valence-electron chi connectivity index (χ4n) is 12.3. The van der Waals surface area contributed by atoms with Gasteiger partial charge < -0.3 is 44.1 Å². The summed E-state index contributed by atoms with van der Waals surface area (Å²) >= 11 is 0. The molecule has 556 valence electrons. The van der Waals surface area contributed by atoms with E-state index in [1.54, 1.807) is 24.8 Å². The maximum atomic E-state index is 4.44. The topological polar surface area (TPSA) is 93.6 Å². The standard InChI is InChI=1S/C19H14N2.3C17H13N2.2C13H11N3.3Ir/c1-3-9-16(10-4-1)20-15-21(17-11-5-2-6-12-17)19-14-8-7-13-18(19)20;3*1-3-9-15(10-4-1)19(16-11-5-2-6-12-16)17-13-7-8-14-18-17;1-15-10-16(11-6-3-2-4-7-11)12-8-5-9-14-13(12)15;1-15-10-16(11-6-3-2-4-7-11)13-12(15)8-5-9-14-13;;;/h1-11,13-15H;3*1-11,13-14H;2*2-6,8-10H,1H3;;;/q-2;3*-1;2*-2;3*+3. The van der Waals surface area contributed by atoms with Gasteiger partial charge in [-0.05, 0) is 135 Å². The van der Waals surface area contributed by atoms with Crippen LogP contribution in [0.3, 0.4) is 0 Å². The van der Waals surface area contributed by atoms with Crippen molar-refractivity contribution in [2.75, 3.05) is 58.2 Å². The molecule has 17 heteroatoms. The van der Waals surface area contributed by atoms with E-state index in [2.05, 4.69) is 205 Å². The molecule has 3 aliphatic heterocycles. The molecule has 0 spiro atoms. The number of anilines is 19. The molecule has 3 aliphatic rings. The molecular weight excluding hydrogens is 1930 g/mol. The molecule has 0 radical (unpaired) electrons. The zero-order chi connectivity index (χ0) is 74.7. The van der Waals surface area contributed by atoms with Gasteiger partial charge in [0.05, 0.1) is 5.69 Å². The number of pyridine rings is 5. The van der Waals surface area contributed by atoms with E-state index in [1.165, 1.54) is 11.4 Å². The van der Waals surface area contributed by atoms with Crippen molar-refractivity contribution < 1.29 is 60.3 Å². The molecule has 0 saturated heterocycles. The van der Waals surface area contributed by atoms with Crippen LogP contribution < -0.4 is 44.1 Å². The number of rotatable bonds is 13.